The quantitative estimate of drug-likeness (QED) is 0.241. The summed E-state index contributed by atoms with van der Waals surface area (Å²) in [5, 5.41) is 3.29. The summed E-state index contributed by atoms with van der Waals surface area (Å²) in [5.41, 5.74) is 2.49. The Labute approximate surface area is 200 Å². The van der Waals surface area contributed by atoms with Crippen molar-refractivity contribution < 1.29 is 13.9 Å². The molecule has 2 aromatic carbocycles. The van der Waals surface area contributed by atoms with Crippen LogP contribution in [0.3, 0.4) is 0 Å². The zero-order chi connectivity index (χ0) is 21.3. The molecule has 8 heteroatoms. The molecule has 6 nitrogen and oxygen atoms in total. The lowest BCUT2D eigenvalue weighted by Crippen LogP contribution is -2.41. The van der Waals surface area contributed by atoms with Crippen LogP contribution >= 0.6 is 24.0 Å². The van der Waals surface area contributed by atoms with Crippen LogP contribution in [0.15, 0.2) is 53.5 Å². The van der Waals surface area contributed by atoms with Crippen LogP contribution in [0.1, 0.15) is 24.0 Å². The van der Waals surface area contributed by atoms with Crippen LogP contribution in [0.2, 0.25) is 0 Å². The van der Waals surface area contributed by atoms with Gasteiger partial charge in [-0.1, -0.05) is 24.3 Å². The fourth-order valence-electron chi connectivity index (χ4n) is 3.43. The third-order valence-corrected chi connectivity index (χ3v) is 5.13. The highest BCUT2D eigenvalue weighted by Crippen LogP contribution is 2.22. The fraction of sp³-hybridized carbons (Fsp3) is 0.391. The minimum Gasteiger partial charge on any atom is -0.492 e. The summed E-state index contributed by atoms with van der Waals surface area (Å²) in [4.78, 5) is 20.6. The van der Waals surface area contributed by atoms with Crippen molar-refractivity contribution in [3.05, 3.63) is 65.5 Å². The van der Waals surface area contributed by atoms with Gasteiger partial charge in [0, 0.05) is 40.2 Å². The Kier molecular flexibility index (Phi) is 10.0. The number of carbonyl (C=O) groups excluding carboxylic acids is 1. The van der Waals surface area contributed by atoms with E-state index >= 15 is 0 Å². The number of likely N-dealkylation sites (N-methyl/N-ethyl adjacent to an activating group) is 1. The molecule has 1 aliphatic rings. The Balaban J connectivity index is 0.00000341. The van der Waals surface area contributed by atoms with E-state index in [0.717, 1.165) is 12.4 Å². The first-order chi connectivity index (χ1) is 14.6. The smallest absolute Gasteiger partial charge is 0.223 e. The van der Waals surface area contributed by atoms with Crippen molar-refractivity contribution in [1.82, 2.24) is 15.1 Å². The van der Waals surface area contributed by atoms with E-state index in [0.29, 0.717) is 45.0 Å². The molecule has 31 heavy (non-hydrogen) atoms. The molecule has 0 aliphatic carbocycles. The summed E-state index contributed by atoms with van der Waals surface area (Å²) in [6.07, 6.45) is 1.25. The van der Waals surface area contributed by atoms with Gasteiger partial charge in [0.15, 0.2) is 5.96 Å². The van der Waals surface area contributed by atoms with E-state index < -0.39 is 0 Å². The molecule has 1 N–H and O–H groups in total. The second-order valence-corrected chi connectivity index (χ2v) is 7.32. The lowest BCUT2D eigenvalue weighted by molar-refractivity contribution is -0.131. The standard InChI is InChI=1S/C23H29FN4O2.HI/c1-25-23(27(2)14-15-30-21-11-9-20(24)10-12-21)26-13-5-8-22(29)28-16-18-6-3-4-7-19(18)17-28;/h3-4,6-7,9-12H,5,8,13-17H2,1-2H3,(H,25,26);1H. The number of fused-ring (bicyclic) bond motifs is 1. The number of benzene rings is 2. The van der Waals surface area contributed by atoms with E-state index in [9.17, 15) is 9.18 Å². The van der Waals surface area contributed by atoms with Crippen LogP contribution in [-0.2, 0) is 17.9 Å². The van der Waals surface area contributed by atoms with Crippen LogP contribution in [0.4, 0.5) is 4.39 Å². The number of hydrogen-bond donors (Lipinski definition) is 1. The summed E-state index contributed by atoms with van der Waals surface area (Å²) in [7, 11) is 3.65. The maximum atomic E-state index is 12.9. The zero-order valence-electron chi connectivity index (χ0n) is 18.0. The van der Waals surface area contributed by atoms with Gasteiger partial charge in [-0.3, -0.25) is 9.79 Å². The summed E-state index contributed by atoms with van der Waals surface area (Å²) in [5.74, 6) is 1.29. The van der Waals surface area contributed by atoms with Gasteiger partial charge in [0.1, 0.15) is 18.2 Å². The number of aliphatic imine (C=N–C) groups is 1. The highest BCUT2D eigenvalue weighted by Gasteiger charge is 2.22. The Morgan fingerprint density at radius 2 is 1.81 bits per heavy atom. The minimum absolute atomic E-state index is 0. The Morgan fingerprint density at radius 3 is 2.42 bits per heavy atom. The van der Waals surface area contributed by atoms with Gasteiger partial charge in [-0.05, 0) is 41.8 Å². The van der Waals surface area contributed by atoms with Crippen molar-refractivity contribution in [2.24, 2.45) is 4.99 Å². The van der Waals surface area contributed by atoms with E-state index in [1.54, 1.807) is 19.2 Å². The molecule has 0 saturated carbocycles. The molecule has 3 rings (SSSR count). The third kappa shape index (κ3) is 7.37. The number of rotatable bonds is 8. The van der Waals surface area contributed by atoms with Crippen molar-refractivity contribution in [3.8, 4) is 5.75 Å². The van der Waals surface area contributed by atoms with E-state index in [2.05, 4.69) is 22.4 Å². The number of carbonyl (C=O) groups is 1. The Morgan fingerprint density at radius 1 is 1.16 bits per heavy atom. The zero-order valence-corrected chi connectivity index (χ0v) is 20.3. The van der Waals surface area contributed by atoms with E-state index in [-0.39, 0.29) is 35.7 Å². The van der Waals surface area contributed by atoms with Crippen LogP contribution < -0.4 is 10.1 Å². The monoisotopic (exact) mass is 540 g/mol. The molecule has 2 aromatic rings. The van der Waals surface area contributed by atoms with Crippen molar-refractivity contribution >= 4 is 35.8 Å². The van der Waals surface area contributed by atoms with Crippen molar-refractivity contribution in [3.63, 3.8) is 0 Å². The second kappa shape index (κ2) is 12.5. The van der Waals surface area contributed by atoms with Crippen molar-refractivity contribution in [2.45, 2.75) is 25.9 Å². The lowest BCUT2D eigenvalue weighted by atomic mass is 10.1. The van der Waals surface area contributed by atoms with Gasteiger partial charge in [0.05, 0.1) is 6.54 Å². The molecule has 0 bridgehead atoms. The van der Waals surface area contributed by atoms with E-state index in [1.807, 2.05) is 29.0 Å². The van der Waals surface area contributed by atoms with Gasteiger partial charge in [0.2, 0.25) is 5.91 Å². The molecule has 0 saturated heterocycles. The Bertz CT molecular complexity index is 851. The molecule has 0 unspecified atom stereocenters. The average molecular weight is 540 g/mol. The topological polar surface area (TPSA) is 57.2 Å². The maximum Gasteiger partial charge on any atom is 0.223 e. The van der Waals surface area contributed by atoms with Crippen LogP contribution in [0.25, 0.3) is 0 Å². The first-order valence-corrected chi connectivity index (χ1v) is 10.2. The molecule has 0 atom stereocenters. The van der Waals surface area contributed by atoms with Crippen LogP contribution in [-0.4, -0.2) is 55.5 Å². The predicted octanol–water partition coefficient (Wildman–Crippen LogP) is 3.65. The number of ether oxygens (including phenoxy) is 1. The summed E-state index contributed by atoms with van der Waals surface area (Å²) < 4.78 is 18.6. The van der Waals surface area contributed by atoms with Gasteiger partial charge >= 0.3 is 0 Å². The first-order valence-electron chi connectivity index (χ1n) is 10.2. The molecule has 0 spiro atoms. The van der Waals surface area contributed by atoms with Crippen molar-refractivity contribution in [2.75, 3.05) is 33.8 Å². The molecule has 1 amide bonds. The summed E-state index contributed by atoms with van der Waals surface area (Å²) >= 11 is 0. The molecule has 1 heterocycles. The van der Waals surface area contributed by atoms with E-state index in [1.165, 1.54) is 23.3 Å². The number of nitrogens with one attached hydrogen (secondary N) is 1. The largest absolute Gasteiger partial charge is 0.492 e. The van der Waals surface area contributed by atoms with Crippen LogP contribution in [0.5, 0.6) is 5.75 Å². The number of halogens is 2. The van der Waals surface area contributed by atoms with Crippen LogP contribution in [0, 0.1) is 5.82 Å². The molecular formula is C23H30FIN4O2. The van der Waals surface area contributed by atoms with Crippen molar-refractivity contribution in [1.29, 1.82) is 0 Å². The number of nitrogens with zero attached hydrogens (tertiary/aromatic N) is 3. The van der Waals surface area contributed by atoms with Gasteiger partial charge in [-0.2, -0.15) is 0 Å². The molecular weight excluding hydrogens is 510 g/mol. The Hall–Kier alpha value is -2.36. The van der Waals surface area contributed by atoms with Gasteiger partial charge in [0.25, 0.3) is 0 Å². The highest BCUT2D eigenvalue weighted by molar-refractivity contribution is 14.0. The summed E-state index contributed by atoms with van der Waals surface area (Å²) in [6.45, 7) is 3.17. The van der Waals surface area contributed by atoms with Gasteiger partial charge in [-0.25, -0.2) is 4.39 Å². The second-order valence-electron chi connectivity index (χ2n) is 7.32. The summed E-state index contributed by atoms with van der Waals surface area (Å²) in [6, 6.07) is 14.2. The number of amides is 1. The van der Waals surface area contributed by atoms with Gasteiger partial charge in [-0.15, -0.1) is 24.0 Å². The van der Waals surface area contributed by atoms with Gasteiger partial charge < -0.3 is 19.9 Å². The fourth-order valence-corrected chi connectivity index (χ4v) is 3.43. The molecule has 0 radical (unpaired) electrons. The number of guanidine groups is 1. The van der Waals surface area contributed by atoms with E-state index in [4.69, 9.17) is 4.74 Å². The normalized spacial score (nSPS) is 12.7. The first kappa shape index (κ1) is 24.9. The maximum absolute atomic E-state index is 12.9. The minimum atomic E-state index is -0.281. The average Bonchev–Trinajstić information content (AvgIpc) is 3.19. The third-order valence-electron chi connectivity index (χ3n) is 5.13. The molecule has 0 fully saturated rings. The number of hydrogen-bond acceptors (Lipinski definition) is 3. The molecule has 0 aromatic heterocycles. The lowest BCUT2D eigenvalue weighted by Gasteiger charge is -2.22. The molecule has 168 valence electrons. The molecule has 1 aliphatic heterocycles. The highest BCUT2D eigenvalue weighted by atomic mass is 127. The predicted molar refractivity (Wildman–Crippen MR) is 131 cm³/mol. The SMILES string of the molecule is CN=C(NCCCC(=O)N1Cc2ccccc2C1)N(C)CCOc1ccc(F)cc1.I.